The summed E-state index contributed by atoms with van der Waals surface area (Å²) in [5.74, 6) is 0.796. The van der Waals surface area contributed by atoms with Gasteiger partial charge in [-0.25, -0.2) is 4.79 Å². The Hall–Kier alpha value is -2.90. The molecule has 0 unspecified atom stereocenters. The number of aliphatic hydroxyl groups is 1. The average Bonchev–Trinajstić information content (AvgIpc) is 3.43. The van der Waals surface area contributed by atoms with Gasteiger partial charge in [-0.1, -0.05) is 18.2 Å². The van der Waals surface area contributed by atoms with Crippen LogP contribution in [0.3, 0.4) is 0 Å². The van der Waals surface area contributed by atoms with E-state index >= 15 is 0 Å². The molecule has 28 heavy (non-hydrogen) atoms. The summed E-state index contributed by atoms with van der Waals surface area (Å²) in [6, 6.07) is 12.7. The third-order valence-electron chi connectivity index (χ3n) is 5.19. The maximum atomic E-state index is 11.4. The molecule has 0 amide bonds. The van der Waals surface area contributed by atoms with Crippen LogP contribution in [0.25, 0.3) is 11.3 Å². The van der Waals surface area contributed by atoms with Crippen LogP contribution in [0.4, 0.5) is 0 Å². The van der Waals surface area contributed by atoms with Crippen LogP contribution in [0, 0.1) is 0 Å². The Kier molecular flexibility index (Phi) is 5.27. The number of aromatic carboxylic acids is 1. The van der Waals surface area contributed by atoms with Crippen LogP contribution in [0.15, 0.2) is 46.9 Å². The lowest BCUT2D eigenvalue weighted by Crippen LogP contribution is -2.19. The van der Waals surface area contributed by atoms with Gasteiger partial charge in [0.25, 0.3) is 0 Å². The monoisotopic (exact) mass is 381 g/mol. The molecular weight excluding hydrogens is 358 g/mol. The van der Waals surface area contributed by atoms with Crippen LogP contribution in [0.1, 0.15) is 39.8 Å². The first-order valence-corrected chi connectivity index (χ1v) is 9.43. The van der Waals surface area contributed by atoms with Gasteiger partial charge in [0.05, 0.1) is 17.8 Å². The number of furan rings is 1. The van der Waals surface area contributed by atoms with E-state index in [2.05, 4.69) is 15.1 Å². The van der Waals surface area contributed by atoms with Crippen molar-refractivity contribution in [2.24, 2.45) is 0 Å². The molecule has 0 saturated carbocycles. The number of carboxylic acid groups (broad SMARTS) is 1. The van der Waals surface area contributed by atoms with Crippen molar-refractivity contribution in [1.29, 1.82) is 0 Å². The Morgan fingerprint density at radius 3 is 2.96 bits per heavy atom. The Morgan fingerprint density at radius 2 is 2.14 bits per heavy atom. The number of aromatic nitrogens is 2. The number of benzene rings is 1. The van der Waals surface area contributed by atoms with E-state index in [9.17, 15) is 9.90 Å². The minimum atomic E-state index is -0.962. The summed E-state index contributed by atoms with van der Waals surface area (Å²) < 4.78 is 5.94. The largest absolute Gasteiger partial charge is 0.478 e. The molecule has 1 fully saturated rings. The minimum Gasteiger partial charge on any atom is -0.478 e. The van der Waals surface area contributed by atoms with Gasteiger partial charge in [-0.2, -0.15) is 5.10 Å². The molecule has 1 atom stereocenters. The molecule has 3 aromatic rings. The molecule has 0 radical (unpaired) electrons. The van der Waals surface area contributed by atoms with Crippen molar-refractivity contribution >= 4 is 5.97 Å². The first-order valence-electron chi connectivity index (χ1n) is 9.43. The molecule has 0 spiro atoms. The predicted molar refractivity (Wildman–Crippen MR) is 103 cm³/mol. The highest BCUT2D eigenvalue weighted by molar-refractivity contribution is 5.95. The van der Waals surface area contributed by atoms with E-state index in [0.29, 0.717) is 30.2 Å². The van der Waals surface area contributed by atoms with Gasteiger partial charge in [-0.15, -0.1) is 0 Å². The highest BCUT2D eigenvalue weighted by atomic mass is 16.4. The number of likely N-dealkylation sites (tertiary alicyclic amines) is 1. The molecule has 2 aromatic heterocycles. The van der Waals surface area contributed by atoms with Gasteiger partial charge in [0.2, 0.25) is 0 Å². The van der Waals surface area contributed by atoms with Crippen LogP contribution >= 0.6 is 0 Å². The summed E-state index contributed by atoms with van der Waals surface area (Å²) in [5, 5.41) is 25.8. The molecule has 3 N–H and O–H groups in total. The molecule has 146 valence electrons. The fraction of sp³-hybridized carbons (Fsp3) is 0.333. The zero-order valence-electron chi connectivity index (χ0n) is 15.5. The number of nitrogens with zero attached hydrogens (tertiary/aromatic N) is 2. The number of carbonyl (C=O) groups is 1. The van der Waals surface area contributed by atoms with Gasteiger partial charge >= 0.3 is 5.97 Å². The second kappa shape index (κ2) is 8.00. The number of H-pyrrole nitrogens is 1. The highest BCUT2D eigenvalue weighted by Gasteiger charge is 2.26. The third kappa shape index (κ3) is 3.85. The molecular formula is C21H23N3O4. The second-order valence-corrected chi connectivity index (χ2v) is 7.13. The van der Waals surface area contributed by atoms with E-state index in [1.165, 1.54) is 0 Å². The van der Waals surface area contributed by atoms with Crippen LogP contribution in [-0.2, 0) is 13.0 Å². The maximum Gasteiger partial charge on any atom is 0.336 e. The summed E-state index contributed by atoms with van der Waals surface area (Å²) in [5.41, 5.74) is 2.83. The van der Waals surface area contributed by atoms with Gasteiger partial charge in [-0.3, -0.25) is 10.00 Å². The number of aliphatic hydroxyl groups excluding tert-OH is 1. The van der Waals surface area contributed by atoms with E-state index in [-0.39, 0.29) is 12.2 Å². The fourth-order valence-electron chi connectivity index (χ4n) is 3.77. The number of nitrogens with one attached hydrogen (secondary N) is 1. The number of aromatic amines is 1. The van der Waals surface area contributed by atoms with Crippen molar-refractivity contribution in [1.82, 2.24) is 15.1 Å². The summed E-state index contributed by atoms with van der Waals surface area (Å²) in [4.78, 5) is 13.7. The molecule has 1 aliphatic heterocycles. The van der Waals surface area contributed by atoms with Gasteiger partial charge < -0.3 is 14.6 Å². The lowest BCUT2D eigenvalue weighted by Gasteiger charge is -2.13. The van der Waals surface area contributed by atoms with Crippen LogP contribution < -0.4 is 0 Å². The SMILES string of the molecule is O=C(O)c1ccccc1-c1ccc(CN2CC[C@H](c3cc(CCO)[nH]n3)C2)o1. The predicted octanol–water partition coefficient (Wildman–Crippen LogP) is 2.89. The molecule has 4 rings (SSSR count). The van der Waals surface area contributed by atoms with Crippen LogP contribution in [0.5, 0.6) is 0 Å². The number of rotatable bonds is 7. The fourth-order valence-corrected chi connectivity index (χ4v) is 3.77. The number of carboxylic acids is 1. The summed E-state index contributed by atoms with van der Waals surface area (Å²) in [6.07, 6.45) is 1.62. The Balaban J connectivity index is 1.42. The van der Waals surface area contributed by atoms with Gasteiger partial charge in [0, 0.05) is 36.7 Å². The third-order valence-corrected chi connectivity index (χ3v) is 5.19. The van der Waals surface area contributed by atoms with Crippen molar-refractivity contribution in [3.05, 3.63) is 65.2 Å². The molecule has 0 aliphatic carbocycles. The van der Waals surface area contributed by atoms with E-state index in [0.717, 1.165) is 36.7 Å². The second-order valence-electron chi connectivity index (χ2n) is 7.13. The van der Waals surface area contributed by atoms with E-state index in [1.54, 1.807) is 18.2 Å². The molecule has 3 heterocycles. The molecule has 1 aromatic carbocycles. The number of hydrogen-bond acceptors (Lipinski definition) is 5. The molecule has 7 heteroatoms. The van der Waals surface area contributed by atoms with Crippen LogP contribution in [-0.4, -0.2) is 51.0 Å². The number of hydrogen-bond donors (Lipinski definition) is 3. The van der Waals surface area contributed by atoms with E-state index in [1.807, 2.05) is 24.3 Å². The Morgan fingerprint density at radius 1 is 1.29 bits per heavy atom. The summed E-state index contributed by atoms with van der Waals surface area (Å²) in [6.45, 7) is 2.64. The normalized spacial score (nSPS) is 17.2. The maximum absolute atomic E-state index is 11.4. The van der Waals surface area contributed by atoms with Crippen molar-refractivity contribution in [3.63, 3.8) is 0 Å². The standard InChI is InChI=1S/C21H23N3O4/c25-10-8-15-11-19(23-22-15)14-7-9-24(12-14)13-16-5-6-20(28-16)17-3-1-2-4-18(17)21(26)27/h1-6,11,14,25H,7-10,12-13H2,(H,22,23)(H,26,27)/t14-/m0/s1. The minimum absolute atomic E-state index is 0.115. The van der Waals surface area contributed by atoms with E-state index in [4.69, 9.17) is 9.52 Å². The zero-order chi connectivity index (χ0) is 19.5. The highest BCUT2D eigenvalue weighted by Crippen LogP contribution is 2.30. The van der Waals surface area contributed by atoms with Gasteiger partial charge in [0.15, 0.2) is 0 Å². The average molecular weight is 381 g/mol. The lowest BCUT2D eigenvalue weighted by atomic mass is 10.0. The van der Waals surface area contributed by atoms with Crippen LogP contribution in [0.2, 0.25) is 0 Å². The first kappa shape index (κ1) is 18.5. The molecule has 7 nitrogen and oxygen atoms in total. The van der Waals surface area contributed by atoms with E-state index < -0.39 is 5.97 Å². The topological polar surface area (TPSA) is 103 Å². The summed E-state index contributed by atoms with van der Waals surface area (Å²) >= 11 is 0. The smallest absolute Gasteiger partial charge is 0.336 e. The van der Waals surface area contributed by atoms with Crippen molar-refractivity contribution in [2.75, 3.05) is 19.7 Å². The van der Waals surface area contributed by atoms with Crippen molar-refractivity contribution in [2.45, 2.75) is 25.3 Å². The molecule has 1 aliphatic rings. The molecule has 0 bridgehead atoms. The summed E-state index contributed by atoms with van der Waals surface area (Å²) in [7, 11) is 0. The van der Waals surface area contributed by atoms with Crippen molar-refractivity contribution < 1.29 is 19.4 Å². The quantitative estimate of drug-likeness (QED) is 0.582. The lowest BCUT2D eigenvalue weighted by molar-refractivity contribution is 0.0697. The Bertz CT molecular complexity index is 962. The zero-order valence-corrected chi connectivity index (χ0v) is 15.5. The molecule has 1 saturated heterocycles. The first-order chi connectivity index (χ1) is 13.6. The Labute approximate surface area is 162 Å². The van der Waals surface area contributed by atoms with Gasteiger partial charge in [-0.05, 0) is 37.2 Å². The van der Waals surface area contributed by atoms with Crippen molar-refractivity contribution in [3.8, 4) is 11.3 Å². The van der Waals surface area contributed by atoms with Gasteiger partial charge in [0.1, 0.15) is 11.5 Å².